The normalized spacial score (nSPS) is 12.4. The summed E-state index contributed by atoms with van der Waals surface area (Å²) in [5.74, 6) is -1.04. The number of halogens is 3. The van der Waals surface area contributed by atoms with E-state index in [1.807, 2.05) is 0 Å². The minimum absolute atomic E-state index is 0.0145. The van der Waals surface area contributed by atoms with Crippen LogP contribution in [0.5, 0.6) is 11.5 Å². The Hall–Kier alpha value is -2.79. The van der Waals surface area contributed by atoms with E-state index in [1.54, 1.807) is 20.8 Å². The van der Waals surface area contributed by atoms with Crippen molar-refractivity contribution >= 4 is 21.6 Å². The van der Waals surface area contributed by atoms with Gasteiger partial charge in [-0.3, -0.25) is 4.79 Å². The van der Waals surface area contributed by atoms with Crippen LogP contribution in [0.2, 0.25) is 0 Å². The molecule has 0 unspecified atom stereocenters. The summed E-state index contributed by atoms with van der Waals surface area (Å²) in [5, 5.41) is 2.48. The van der Waals surface area contributed by atoms with Crippen LogP contribution in [-0.2, 0) is 10.0 Å². The first-order chi connectivity index (χ1) is 13.7. The van der Waals surface area contributed by atoms with E-state index in [9.17, 15) is 26.4 Å². The molecule has 30 heavy (non-hydrogen) atoms. The van der Waals surface area contributed by atoms with Crippen molar-refractivity contribution in [2.24, 2.45) is 0 Å². The second-order valence-electron chi connectivity index (χ2n) is 7.25. The Bertz CT molecular complexity index is 1010. The first-order valence-electron chi connectivity index (χ1n) is 8.59. The lowest BCUT2D eigenvalue weighted by Crippen LogP contribution is -2.40. The number of nitrogens with one attached hydrogen (secondary N) is 2. The van der Waals surface area contributed by atoms with Gasteiger partial charge in [0.25, 0.3) is 5.91 Å². The van der Waals surface area contributed by atoms with E-state index < -0.39 is 33.6 Å². The molecule has 2 aromatic rings. The van der Waals surface area contributed by atoms with Crippen molar-refractivity contribution in [3.8, 4) is 11.5 Å². The third kappa shape index (κ3) is 6.63. The Balaban J connectivity index is 2.26. The summed E-state index contributed by atoms with van der Waals surface area (Å²) in [4.78, 5) is 12.3. The Morgan fingerprint density at radius 3 is 2.10 bits per heavy atom. The molecule has 2 N–H and O–H groups in total. The summed E-state index contributed by atoms with van der Waals surface area (Å²) in [6.45, 7) is 5.00. The number of alkyl halides is 3. The van der Waals surface area contributed by atoms with E-state index in [-0.39, 0.29) is 21.9 Å². The van der Waals surface area contributed by atoms with Crippen molar-refractivity contribution in [2.45, 2.75) is 37.6 Å². The third-order valence-electron chi connectivity index (χ3n) is 3.50. The predicted octanol–water partition coefficient (Wildman–Crippen LogP) is 3.92. The molecule has 0 spiro atoms. The predicted molar refractivity (Wildman–Crippen MR) is 104 cm³/mol. The zero-order chi connectivity index (χ0) is 22.7. The van der Waals surface area contributed by atoms with Gasteiger partial charge in [-0.25, -0.2) is 13.1 Å². The second-order valence-corrected chi connectivity index (χ2v) is 8.90. The average molecular weight is 446 g/mol. The molecule has 0 saturated heterocycles. The lowest BCUT2D eigenvalue weighted by Gasteiger charge is -2.21. The fourth-order valence-electron chi connectivity index (χ4n) is 2.43. The van der Waals surface area contributed by atoms with Gasteiger partial charge in [-0.15, -0.1) is 13.2 Å². The van der Waals surface area contributed by atoms with Gasteiger partial charge in [0, 0.05) is 16.8 Å². The fraction of sp³-hybridized carbons (Fsp3) is 0.316. The first kappa shape index (κ1) is 23.5. The smallest absolute Gasteiger partial charge is 0.495 e. The molecular weight excluding hydrogens is 425 g/mol. The topological polar surface area (TPSA) is 93.7 Å². The maximum atomic E-state index is 12.7. The molecule has 164 valence electrons. The number of benzene rings is 2. The maximum absolute atomic E-state index is 12.7. The van der Waals surface area contributed by atoms with Crippen molar-refractivity contribution in [1.82, 2.24) is 4.72 Å². The van der Waals surface area contributed by atoms with Gasteiger partial charge in [0.2, 0.25) is 10.0 Å². The number of amides is 1. The highest BCUT2D eigenvalue weighted by Gasteiger charge is 2.31. The van der Waals surface area contributed by atoms with Gasteiger partial charge in [0.05, 0.1) is 7.11 Å². The summed E-state index contributed by atoms with van der Waals surface area (Å²) < 4.78 is 73.4. The molecule has 0 aliphatic rings. The van der Waals surface area contributed by atoms with E-state index in [2.05, 4.69) is 14.8 Å². The lowest BCUT2D eigenvalue weighted by molar-refractivity contribution is -0.274. The van der Waals surface area contributed by atoms with Crippen LogP contribution >= 0.6 is 0 Å². The van der Waals surface area contributed by atoms with Crippen LogP contribution in [0.4, 0.5) is 18.9 Å². The quantitative estimate of drug-likeness (QED) is 0.702. The molecule has 0 radical (unpaired) electrons. The van der Waals surface area contributed by atoms with Gasteiger partial charge < -0.3 is 14.8 Å². The monoisotopic (exact) mass is 446 g/mol. The van der Waals surface area contributed by atoms with Gasteiger partial charge in [-0.05, 0) is 63.2 Å². The Labute approximate surface area is 172 Å². The van der Waals surface area contributed by atoms with E-state index in [0.717, 1.165) is 18.2 Å². The number of methoxy groups -OCH3 is 1. The maximum Gasteiger partial charge on any atom is 0.573 e. The molecule has 0 saturated carbocycles. The van der Waals surface area contributed by atoms with Crippen molar-refractivity contribution in [3.05, 3.63) is 48.0 Å². The number of hydrogen-bond acceptors (Lipinski definition) is 5. The van der Waals surface area contributed by atoms with Crippen molar-refractivity contribution in [3.63, 3.8) is 0 Å². The molecule has 0 fully saturated rings. The molecule has 2 rings (SSSR count). The van der Waals surface area contributed by atoms with Crippen molar-refractivity contribution < 1.29 is 35.9 Å². The summed E-state index contributed by atoms with van der Waals surface area (Å²) >= 11 is 0. The third-order valence-corrected chi connectivity index (χ3v) is 5.28. The van der Waals surface area contributed by atoms with E-state index in [1.165, 1.54) is 31.4 Å². The molecule has 0 aliphatic heterocycles. The van der Waals surface area contributed by atoms with Crippen LogP contribution < -0.4 is 19.5 Å². The fourth-order valence-corrected chi connectivity index (χ4v) is 4.04. The van der Waals surface area contributed by atoms with Crippen molar-refractivity contribution in [2.75, 3.05) is 12.4 Å². The highest BCUT2D eigenvalue weighted by Crippen LogP contribution is 2.27. The van der Waals surface area contributed by atoms with Crippen LogP contribution in [0.25, 0.3) is 0 Å². The van der Waals surface area contributed by atoms with Gasteiger partial charge in [0.15, 0.2) is 0 Å². The van der Waals surface area contributed by atoms with Crippen LogP contribution in [0.1, 0.15) is 31.1 Å². The van der Waals surface area contributed by atoms with Crippen molar-refractivity contribution in [1.29, 1.82) is 0 Å². The highest BCUT2D eigenvalue weighted by atomic mass is 32.2. The van der Waals surface area contributed by atoms with Gasteiger partial charge in [0.1, 0.15) is 16.4 Å². The SMILES string of the molecule is COc1ccc(C(=O)Nc2ccc(OC(F)(F)F)cc2)cc1S(=O)(=O)NC(C)(C)C. The molecule has 11 heteroatoms. The number of ether oxygens (including phenoxy) is 2. The largest absolute Gasteiger partial charge is 0.573 e. The van der Waals surface area contributed by atoms with Gasteiger partial charge in [-0.1, -0.05) is 0 Å². The minimum atomic E-state index is -4.82. The standard InChI is InChI=1S/C19H21F3N2O5S/c1-18(2,3)24-30(26,27)16-11-12(5-10-15(16)28-4)17(25)23-13-6-8-14(9-7-13)29-19(20,21)22/h5-11,24H,1-4H3,(H,23,25). The summed E-state index contributed by atoms with van der Waals surface area (Å²) in [5.41, 5.74) is -0.550. The van der Waals surface area contributed by atoms with Crippen LogP contribution in [0.3, 0.4) is 0 Å². The van der Waals surface area contributed by atoms with Gasteiger partial charge in [-0.2, -0.15) is 0 Å². The van der Waals surface area contributed by atoms with Crippen LogP contribution in [-0.4, -0.2) is 33.3 Å². The molecule has 0 heterocycles. The molecule has 0 bridgehead atoms. The summed E-state index contributed by atoms with van der Waals surface area (Å²) in [6.07, 6.45) is -4.82. The number of carbonyl (C=O) groups is 1. The Kier molecular flexibility index (Phi) is 6.67. The van der Waals surface area contributed by atoms with E-state index in [4.69, 9.17) is 4.74 Å². The number of rotatable bonds is 6. The Morgan fingerprint density at radius 2 is 1.60 bits per heavy atom. The minimum Gasteiger partial charge on any atom is -0.495 e. The average Bonchev–Trinajstić information content (AvgIpc) is 2.59. The van der Waals surface area contributed by atoms with Crippen LogP contribution in [0, 0.1) is 0 Å². The number of carbonyl (C=O) groups excluding carboxylic acids is 1. The molecule has 0 aliphatic carbocycles. The zero-order valence-corrected chi connectivity index (χ0v) is 17.4. The second kappa shape index (κ2) is 8.52. The number of anilines is 1. The zero-order valence-electron chi connectivity index (χ0n) is 16.6. The molecule has 2 aromatic carbocycles. The molecule has 0 atom stereocenters. The molecule has 7 nitrogen and oxygen atoms in total. The van der Waals surface area contributed by atoms with E-state index in [0.29, 0.717) is 0 Å². The van der Waals surface area contributed by atoms with E-state index >= 15 is 0 Å². The molecular formula is C19H21F3N2O5S. The highest BCUT2D eigenvalue weighted by molar-refractivity contribution is 7.89. The first-order valence-corrected chi connectivity index (χ1v) is 10.1. The number of sulfonamides is 1. The van der Waals surface area contributed by atoms with Crippen LogP contribution in [0.15, 0.2) is 47.4 Å². The lowest BCUT2D eigenvalue weighted by atomic mass is 10.1. The number of hydrogen-bond donors (Lipinski definition) is 2. The summed E-state index contributed by atoms with van der Waals surface area (Å²) in [6, 6.07) is 8.39. The van der Waals surface area contributed by atoms with Gasteiger partial charge >= 0.3 is 6.36 Å². The molecule has 0 aromatic heterocycles. The summed E-state index contributed by atoms with van der Waals surface area (Å²) in [7, 11) is -2.69. The molecule has 1 amide bonds. The Morgan fingerprint density at radius 1 is 1.00 bits per heavy atom.